The summed E-state index contributed by atoms with van der Waals surface area (Å²) in [7, 11) is 3.62. The number of aryl methyl sites for hydroxylation is 3. The molecule has 7 nitrogen and oxygen atoms in total. The van der Waals surface area contributed by atoms with Crippen LogP contribution < -0.4 is 10.1 Å². The Balaban J connectivity index is 1.45. The molecule has 2 heterocycles. The zero-order valence-corrected chi connectivity index (χ0v) is 20.1. The number of fused-ring (bicyclic) bond motifs is 2. The van der Waals surface area contributed by atoms with Gasteiger partial charge in [-0.2, -0.15) is 0 Å². The molecule has 35 heavy (non-hydrogen) atoms. The molecule has 0 saturated heterocycles. The van der Waals surface area contributed by atoms with Gasteiger partial charge in [0.2, 0.25) is 5.91 Å². The Morgan fingerprint density at radius 2 is 1.91 bits per heavy atom. The van der Waals surface area contributed by atoms with Crippen molar-refractivity contribution < 1.29 is 9.53 Å². The highest BCUT2D eigenvalue weighted by atomic mass is 16.5. The van der Waals surface area contributed by atoms with Crippen LogP contribution in [0, 0.1) is 0 Å². The maximum Gasteiger partial charge on any atom is 0.224 e. The van der Waals surface area contributed by atoms with Crippen LogP contribution in [-0.2, 0) is 24.7 Å². The fraction of sp³-hybridized carbons (Fsp3) is 0.214. The van der Waals surface area contributed by atoms with E-state index in [9.17, 15) is 4.79 Å². The van der Waals surface area contributed by atoms with Gasteiger partial charge in [0, 0.05) is 49.1 Å². The summed E-state index contributed by atoms with van der Waals surface area (Å²) < 4.78 is 7.48. The lowest BCUT2D eigenvalue weighted by molar-refractivity contribution is -0.116. The number of hydrogen-bond acceptors (Lipinski definition) is 5. The molecular weight excluding hydrogens is 438 g/mol. The zero-order valence-electron chi connectivity index (χ0n) is 20.1. The van der Waals surface area contributed by atoms with E-state index in [1.54, 1.807) is 13.3 Å². The van der Waals surface area contributed by atoms with Crippen molar-refractivity contribution in [2.24, 2.45) is 7.05 Å². The van der Waals surface area contributed by atoms with Gasteiger partial charge in [-0.05, 0) is 47.9 Å². The summed E-state index contributed by atoms with van der Waals surface area (Å²) in [4.78, 5) is 26.7. The molecule has 5 rings (SSSR count). The number of methoxy groups -OCH3 is 1. The number of carbonyl (C=O) groups is 1. The van der Waals surface area contributed by atoms with E-state index in [1.807, 2.05) is 73.1 Å². The molecule has 5 aromatic rings. The van der Waals surface area contributed by atoms with Crippen molar-refractivity contribution in [3.63, 3.8) is 0 Å². The summed E-state index contributed by atoms with van der Waals surface area (Å²) in [6.07, 6.45) is 3.39. The zero-order chi connectivity index (χ0) is 24.4. The molecule has 0 bridgehead atoms. The van der Waals surface area contributed by atoms with Crippen LogP contribution in [0.25, 0.3) is 33.1 Å². The maximum atomic E-state index is 13.1. The van der Waals surface area contributed by atoms with E-state index in [0.717, 1.165) is 62.6 Å². The van der Waals surface area contributed by atoms with Gasteiger partial charge >= 0.3 is 0 Å². The van der Waals surface area contributed by atoms with E-state index in [2.05, 4.69) is 26.3 Å². The molecule has 0 unspecified atom stereocenters. The third-order valence-corrected chi connectivity index (χ3v) is 6.21. The van der Waals surface area contributed by atoms with Gasteiger partial charge in [0.1, 0.15) is 17.4 Å². The number of nitrogens with zero attached hydrogens (tertiary/aromatic N) is 4. The van der Waals surface area contributed by atoms with E-state index in [4.69, 9.17) is 4.74 Å². The Morgan fingerprint density at radius 3 is 2.71 bits per heavy atom. The van der Waals surface area contributed by atoms with Gasteiger partial charge in [-0.25, -0.2) is 15.0 Å². The van der Waals surface area contributed by atoms with Crippen LogP contribution >= 0.6 is 0 Å². The highest BCUT2D eigenvalue weighted by Gasteiger charge is 2.14. The Kier molecular flexibility index (Phi) is 6.14. The molecule has 0 spiro atoms. The molecule has 0 aliphatic heterocycles. The molecule has 1 amide bonds. The monoisotopic (exact) mass is 465 g/mol. The Hall–Kier alpha value is -4.26. The normalized spacial score (nSPS) is 11.2. The molecule has 176 valence electrons. The molecule has 3 aromatic carbocycles. The molecule has 0 atom stereocenters. The summed E-state index contributed by atoms with van der Waals surface area (Å²) in [6, 6.07) is 19.8. The van der Waals surface area contributed by atoms with Crippen LogP contribution in [0.15, 0.2) is 66.9 Å². The first-order valence-corrected chi connectivity index (χ1v) is 11.7. The molecular formula is C28H27N5O2. The van der Waals surface area contributed by atoms with Crippen molar-refractivity contribution in [3.05, 3.63) is 78.5 Å². The predicted molar refractivity (Wildman–Crippen MR) is 139 cm³/mol. The number of para-hydroxylation sites is 2. The fourth-order valence-electron chi connectivity index (χ4n) is 4.30. The van der Waals surface area contributed by atoms with Gasteiger partial charge in [-0.3, -0.25) is 4.79 Å². The number of hydrogen-bond donors (Lipinski definition) is 1. The first-order chi connectivity index (χ1) is 17.1. The standard InChI is InChI=1S/C28H27N5O2/c1-4-26-29-14-13-22(30-26)19-15-18-9-10-20(35-3)17-21(18)24(16-19)32-28(34)12-11-27-31-23-7-5-6-8-25(23)33(27)2/h5-10,13-17H,4,11-12H2,1-3H3,(H,32,34). The highest BCUT2D eigenvalue weighted by molar-refractivity contribution is 6.04. The van der Waals surface area contributed by atoms with Gasteiger partial charge in [0.15, 0.2) is 0 Å². The minimum Gasteiger partial charge on any atom is -0.497 e. The third-order valence-electron chi connectivity index (χ3n) is 6.21. The van der Waals surface area contributed by atoms with E-state index >= 15 is 0 Å². The average Bonchev–Trinajstić information content (AvgIpc) is 3.22. The average molecular weight is 466 g/mol. The molecule has 7 heteroatoms. The second kappa shape index (κ2) is 9.54. The van der Waals surface area contributed by atoms with E-state index in [1.165, 1.54) is 0 Å². The summed E-state index contributed by atoms with van der Waals surface area (Å²) in [5.74, 6) is 2.33. The molecule has 0 radical (unpaired) electrons. The van der Waals surface area contributed by atoms with Gasteiger partial charge < -0.3 is 14.6 Å². The number of imidazole rings is 1. The Bertz CT molecular complexity index is 1540. The minimum absolute atomic E-state index is 0.0738. The van der Waals surface area contributed by atoms with Crippen LogP contribution in [0.5, 0.6) is 5.75 Å². The second-order valence-corrected chi connectivity index (χ2v) is 8.45. The number of ether oxygens (including phenoxy) is 1. The number of carbonyl (C=O) groups excluding carboxylic acids is 1. The number of benzene rings is 3. The molecule has 0 fully saturated rings. The quantitative estimate of drug-likeness (QED) is 0.352. The van der Waals surface area contributed by atoms with Crippen molar-refractivity contribution in [2.75, 3.05) is 12.4 Å². The molecule has 1 N–H and O–H groups in total. The van der Waals surface area contributed by atoms with Crippen molar-refractivity contribution in [1.29, 1.82) is 0 Å². The first kappa shape index (κ1) is 22.5. The van der Waals surface area contributed by atoms with Gasteiger partial charge in [-0.1, -0.05) is 25.1 Å². The highest BCUT2D eigenvalue weighted by Crippen LogP contribution is 2.33. The van der Waals surface area contributed by atoms with Crippen molar-refractivity contribution >= 4 is 33.4 Å². The van der Waals surface area contributed by atoms with E-state index in [-0.39, 0.29) is 5.91 Å². The lowest BCUT2D eigenvalue weighted by Gasteiger charge is -2.13. The third kappa shape index (κ3) is 4.57. The first-order valence-electron chi connectivity index (χ1n) is 11.7. The Morgan fingerprint density at radius 1 is 1.06 bits per heavy atom. The van der Waals surface area contributed by atoms with E-state index in [0.29, 0.717) is 12.8 Å². The second-order valence-electron chi connectivity index (χ2n) is 8.45. The minimum atomic E-state index is -0.0738. The van der Waals surface area contributed by atoms with Crippen molar-refractivity contribution in [3.8, 4) is 17.0 Å². The summed E-state index contributed by atoms with van der Waals surface area (Å²) in [5.41, 5.74) is 4.47. The van der Waals surface area contributed by atoms with Gasteiger partial charge in [-0.15, -0.1) is 0 Å². The van der Waals surface area contributed by atoms with Crippen molar-refractivity contribution in [2.45, 2.75) is 26.2 Å². The van der Waals surface area contributed by atoms with E-state index < -0.39 is 0 Å². The number of amides is 1. The molecule has 2 aromatic heterocycles. The number of aromatic nitrogens is 4. The summed E-state index contributed by atoms with van der Waals surface area (Å²) in [6.45, 7) is 2.03. The lowest BCUT2D eigenvalue weighted by atomic mass is 10.0. The van der Waals surface area contributed by atoms with Crippen LogP contribution in [0.1, 0.15) is 25.0 Å². The van der Waals surface area contributed by atoms with Crippen molar-refractivity contribution in [1.82, 2.24) is 19.5 Å². The number of anilines is 1. The molecule has 0 aliphatic rings. The van der Waals surface area contributed by atoms with Gasteiger partial charge in [0.25, 0.3) is 0 Å². The van der Waals surface area contributed by atoms with Crippen LogP contribution in [-0.4, -0.2) is 32.5 Å². The van der Waals surface area contributed by atoms with Crippen LogP contribution in [0.4, 0.5) is 5.69 Å². The SMILES string of the molecule is CCc1nccc(-c2cc(NC(=O)CCc3nc4ccccc4n3C)c3cc(OC)ccc3c2)n1. The maximum absolute atomic E-state index is 13.1. The smallest absolute Gasteiger partial charge is 0.224 e. The predicted octanol–water partition coefficient (Wildman–Crippen LogP) is 5.33. The summed E-state index contributed by atoms with van der Waals surface area (Å²) >= 11 is 0. The van der Waals surface area contributed by atoms with Crippen LogP contribution in [0.2, 0.25) is 0 Å². The largest absolute Gasteiger partial charge is 0.497 e. The molecule has 0 saturated carbocycles. The number of rotatable bonds is 7. The molecule has 0 aliphatic carbocycles. The van der Waals surface area contributed by atoms with Gasteiger partial charge in [0.05, 0.1) is 23.8 Å². The number of nitrogens with one attached hydrogen (secondary N) is 1. The lowest BCUT2D eigenvalue weighted by Crippen LogP contribution is -2.14. The van der Waals surface area contributed by atoms with Crippen LogP contribution in [0.3, 0.4) is 0 Å². The topological polar surface area (TPSA) is 81.9 Å². The Labute approximate surface area is 203 Å². The summed E-state index contributed by atoms with van der Waals surface area (Å²) in [5, 5.41) is 5.03. The fourth-order valence-corrected chi connectivity index (χ4v) is 4.30.